The first-order valence-corrected chi connectivity index (χ1v) is 5.96. The maximum atomic E-state index is 11.2. The number of carbonyl (C=O) groups excluding carboxylic acids is 1. The summed E-state index contributed by atoms with van der Waals surface area (Å²) in [5.41, 5.74) is -0.366. The molecular weight excluding hydrogens is 206 g/mol. The third kappa shape index (κ3) is 2.62. The molecule has 4 nitrogen and oxygen atoms in total. The molecule has 0 N–H and O–H groups in total. The van der Waals surface area contributed by atoms with E-state index >= 15 is 0 Å². The molecule has 2 saturated heterocycles. The molecule has 0 aromatic rings. The van der Waals surface area contributed by atoms with Crippen LogP contribution in [0.25, 0.3) is 0 Å². The second kappa shape index (κ2) is 4.43. The van der Waals surface area contributed by atoms with E-state index in [0.717, 1.165) is 38.9 Å². The van der Waals surface area contributed by atoms with E-state index in [1.807, 2.05) is 0 Å². The highest BCUT2D eigenvalue weighted by Crippen LogP contribution is 2.29. The third-order valence-corrected chi connectivity index (χ3v) is 3.43. The SMILES string of the molecule is CC1(C)CN(CC2(C=O)CCOC2)CCO1. The van der Waals surface area contributed by atoms with Gasteiger partial charge in [-0.15, -0.1) is 0 Å². The Labute approximate surface area is 96.9 Å². The Kier molecular flexibility index (Phi) is 3.33. The topological polar surface area (TPSA) is 38.8 Å². The Morgan fingerprint density at radius 2 is 2.19 bits per heavy atom. The first kappa shape index (κ1) is 12.0. The second-order valence-corrected chi connectivity index (χ2v) is 5.60. The maximum absolute atomic E-state index is 11.2. The van der Waals surface area contributed by atoms with Crippen molar-refractivity contribution in [2.45, 2.75) is 25.9 Å². The zero-order valence-corrected chi connectivity index (χ0v) is 10.2. The molecule has 2 rings (SSSR count). The number of carbonyl (C=O) groups is 1. The maximum Gasteiger partial charge on any atom is 0.129 e. The molecule has 0 radical (unpaired) electrons. The summed E-state index contributed by atoms with van der Waals surface area (Å²) in [5.74, 6) is 0. The Morgan fingerprint density at radius 1 is 1.38 bits per heavy atom. The predicted octanol–water partition coefficient (Wildman–Crippen LogP) is 0.703. The van der Waals surface area contributed by atoms with Crippen LogP contribution >= 0.6 is 0 Å². The number of rotatable bonds is 3. The van der Waals surface area contributed by atoms with Gasteiger partial charge in [0.1, 0.15) is 6.29 Å². The van der Waals surface area contributed by atoms with Crippen LogP contribution < -0.4 is 0 Å². The number of morpholine rings is 1. The van der Waals surface area contributed by atoms with Crippen molar-refractivity contribution < 1.29 is 14.3 Å². The fraction of sp³-hybridized carbons (Fsp3) is 0.917. The van der Waals surface area contributed by atoms with Crippen molar-refractivity contribution in [2.75, 3.05) is 39.5 Å². The van der Waals surface area contributed by atoms with E-state index in [1.165, 1.54) is 0 Å². The Hall–Kier alpha value is -0.450. The van der Waals surface area contributed by atoms with Crippen LogP contribution in [0.4, 0.5) is 0 Å². The lowest BCUT2D eigenvalue weighted by atomic mass is 9.88. The van der Waals surface area contributed by atoms with E-state index in [0.29, 0.717) is 13.2 Å². The Morgan fingerprint density at radius 3 is 2.75 bits per heavy atom. The van der Waals surface area contributed by atoms with E-state index in [2.05, 4.69) is 18.7 Å². The van der Waals surface area contributed by atoms with Crippen molar-refractivity contribution in [3.05, 3.63) is 0 Å². The molecule has 1 unspecified atom stereocenters. The lowest BCUT2D eigenvalue weighted by Gasteiger charge is -2.40. The van der Waals surface area contributed by atoms with Gasteiger partial charge >= 0.3 is 0 Å². The van der Waals surface area contributed by atoms with Gasteiger partial charge in [-0.2, -0.15) is 0 Å². The fourth-order valence-electron chi connectivity index (χ4n) is 2.57. The van der Waals surface area contributed by atoms with E-state index < -0.39 is 0 Å². The predicted molar refractivity (Wildman–Crippen MR) is 60.4 cm³/mol. The average Bonchev–Trinajstić information content (AvgIpc) is 2.65. The number of ether oxygens (including phenoxy) is 2. The van der Waals surface area contributed by atoms with E-state index in [1.54, 1.807) is 0 Å². The molecule has 0 aromatic heterocycles. The van der Waals surface area contributed by atoms with E-state index in [4.69, 9.17) is 9.47 Å². The Bertz CT molecular complexity index is 259. The van der Waals surface area contributed by atoms with Gasteiger partial charge in [0.15, 0.2) is 0 Å². The van der Waals surface area contributed by atoms with Crippen LogP contribution in [0.1, 0.15) is 20.3 Å². The highest BCUT2D eigenvalue weighted by atomic mass is 16.5. The van der Waals surface area contributed by atoms with E-state index in [9.17, 15) is 4.79 Å². The summed E-state index contributed by atoms with van der Waals surface area (Å²) in [7, 11) is 0. The molecule has 0 spiro atoms. The summed E-state index contributed by atoms with van der Waals surface area (Å²) in [6.45, 7) is 8.85. The largest absolute Gasteiger partial charge is 0.380 e. The van der Waals surface area contributed by atoms with Crippen molar-refractivity contribution in [2.24, 2.45) is 5.41 Å². The van der Waals surface area contributed by atoms with Gasteiger partial charge in [0.2, 0.25) is 0 Å². The molecule has 2 heterocycles. The molecule has 2 fully saturated rings. The highest BCUT2D eigenvalue weighted by molar-refractivity contribution is 5.60. The normalized spacial score (nSPS) is 35.1. The first-order valence-electron chi connectivity index (χ1n) is 5.96. The fourth-order valence-corrected chi connectivity index (χ4v) is 2.57. The molecule has 2 aliphatic rings. The molecule has 0 amide bonds. The molecule has 0 aromatic carbocycles. The van der Waals surface area contributed by atoms with Crippen LogP contribution in [0.5, 0.6) is 0 Å². The van der Waals surface area contributed by atoms with Crippen LogP contribution in [0.3, 0.4) is 0 Å². The first-order chi connectivity index (χ1) is 7.55. The highest BCUT2D eigenvalue weighted by Gasteiger charge is 2.38. The van der Waals surface area contributed by atoms with E-state index in [-0.39, 0.29) is 11.0 Å². The zero-order valence-electron chi connectivity index (χ0n) is 10.2. The standard InChI is InChI=1S/C12H21NO3/c1-11(2)7-13(4-6-16-11)8-12(9-14)3-5-15-10-12/h9H,3-8,10H2,1-2H3. The molecule has 2 aliphatic heterocycles. The minimum atomic E-state index is -0.270. The number of aldehydes is 1. The van der Waals surface area contributed by atoms with Gasteiger partial charge in [0.05, 0.1) is 24.2 Å². The van der Waals surface area contributed by atoms with Gasteiger partial charge < -0.3 is 14.3 Å². The van der Waals surface area contributed by atoms with Gasteiger partial charge in [-0.05, 0) is 20.3 Å². The van der Waals surface area contributed by atoms with Crippen LogP contribution in [0.2, 0.25) is 0 Å². The van der Waals surface area contributed by atoms with Gasteiger partial charge in [-0.3, -0.25) is 4.90 Å². The van der Waals surface area contributed by atoms with Crippen LogP contribution in [-0.2, 0) is 14.3 Å². The van der Waals surface area contributed by atoms with Crippen LogP contribution in [-0.4, -0.2) is 56.2 Å². The van der Waals surface area contributed by atoms with Crippen LogP contribution in [0, 0.1) is 5.41 Å². The Balaban J connectivity index is 1.95. The van der Waals surface area contributed by atoms with Crippen molar-refractivity contribution in [3.8, 4) is 0 Å². The molecule has 16 heavy (non-hydrogen) atoms. The van der Waals surface area contributed by atoms with Crippen molar-refractivity contribution in [1.82, 2.24) is 4.90 Å². The van der Waals surface area contributed by atoms with Gasteiger partial charge in [-0.1, -0.05) is 0 Å². The van der Waals surface area contributed by atoms with Crippen molar-refractivity contribution >= 4 is 6.29 Å². The number of hydrogen-bond acceptors (Lipinski definition) is 4. The minimum absolute atomic E-state index is 0.0955. The minimum Gasteiger partial charge on any atom is -0.380 e. The van der Waals surface area contributed by atoms with Crippen LogP contribution in [0.15, 0.2) is 0 Å². The summed E-state index contributed by atoms with van der Waals surface area (Å²) >= 11 is 0. The zero-order chi connectivity index (χ0) is 11.6. The second-order valence-electron chi connectivity index (χ2n) is 5.60. The summed E-state index contributed by atoms with van der Waals surface area (Å²) in [5, 5.41) is 0. The molecule has 92 valence electrons. The lowest BCUT2D eigenvalue weighted by Crippen LogP contribution is -2.52. The van der Waals surface area contributed by atoms with Crippen molar-refractivity contribution in [3.63, 3.8) is 0 Å². The molecule has 0 aliphatic carbocycles. The van der Waals surface area contributed by atoms with Gasteiger partial charge in [0, 0.05) is 26.2 Å². The third-order valence-electron chi connectivity index (χ3n) is 3.43. The molecule has 0 bridgehead atoms. The van der Waals surface area contributed by atoms with Gasteiger partial charge in [-0.25, -0.2) is 0 Å². The van der Waals surface area contributed by atoms with Gasteiger partial charge in [0.25, 0.3) is 0 Å². The number of hydrogen-bond donors (Lipinski definition) is 0. The molecule has 4 heteroatoms. The molecule has 0 saturated carbocycles. The summed E-state index contributed by atoms with van der Waals surface area (Å²) < 4.78 is 11.0. The lowest BCUT2D eigenvalue weighted by molar-refractivity contribution is -0.122. The smallest absolute Gasteiger partial charge is 0.129 e. The summed E-state index contributed by atoms with van der Waals surface area (Å²) in [6, 6.07) is 0. The molecular formula is C12H21NO3. The molecule has 1 atom stereocenters. The monoisotopic (exact) mass is 227 g/mol. The summed E-state index contributed by atoms with van der Waals surface area (Å²) in [6.07, 6.45) is 1.94. The quantitative estimate of drug-likeness (QED) is 0.665. The number of nitrogens with zero attached hydrogens (tertiary/aromatic N) is 1. The average molecular weight is 227 g/mol. The summed E-state index contributed by atoms with van der Waals surface area (Å²) in [4.78, 5) is 13.6. The van der Waals surface area contributed by atoms with Crippen molar-refractivity contribution in [1.29, 1.82) is 0 Å².